The number of rotatable bonds is 2. The summed E-state index contributed by atoms with van der Waals surface area (Å²) in [6.45, 7) is 0. The molecule has 2 rings (SSSR count). The van der Waals surface area contributed by atoms with Gasteiger partial charge in [0.05, 0.1) is 11.1 Å². The molecule has 112 valence electrons. The summed E-state index contributed by atoms with van der Waals surface area (Å²) in [7, 11) is 0. The maximum atomic E-state index is 13.0. The topological polar surface area (TPSA) is 0 Å². The van der Waals surface area contributed by atoms with Crippen molar-refractivity contribution in [3.05, 3.63) is 70.8 Å². The van der Waals surface area contributed by atoms with Gasteiger partial charge in [-0.2, -0.15) is 26.3 Å². The van der Waals surface area contributed by atoms with Crippen LogP contribution in [0.15, 0.2) is 48.5 Å². The molecule has 0 amide bonds. The van der Waals surface area contributed by atoms with Crippen LogP contribution in [-0.2, 0) is 18.8 Å². The molecule has 2 aromatic carbocycles. The number of benzene rings is 2. The van der Waals surface area contributed by atoms with E-state index in [9.17, 15) is 26.3 Å². The largest absolute Gasteiger partial charge is 0.417 e. The van der Waals surface area contributed by atoms with Crippen molar-refractivity contribution in [2.75, 3.05) is 0 Å². The first-order valence-electron chi connectivity index (χ1n) is 6.00. The molecule has 2 aromatic rings. The highest BCUT2D eigenvalue weighted by atomic mass is 19.4. The van der Waals surface area contributed by atoms with E-state index in [1.165, 1.54) is 0 Å². The molecule has 0 bridgehead atoms. The minimum Gasteiger partial charge on any atom is -0.166 e. The molecule has 21 heavy (non-hydrogen) atoms. The first-order valence-corrected chi connectivity index (χ1v) is 6.00. The van der Waals surface area contributed by atoms with Gasteiger partial charge in [-0.15, -0.1) is 0 Å². The lowest BCUT2D eigenvalue weighted by atomic mass is 9.95. The van der Waals surface area contributed by atoms with Crippen LogP contribution < -0.4 is 0 Å². The van der Waals surface area contributed by atoms with Crippen molar-refractivity contribution in [3.63, 3.8) is 0 Å². The third kappa shape index (κ3) is 3.56. The molecule has 0 aromatic heterocycles. The fraction of sp³-hybridized carbons (Fsp3) is 0.200. The van der Waals surface area contributed by atoms with E-state index in [-0.39, 0.29) is 12.0 Å². The smallest absolute Gasteiger partial charge is 0.166 e. The third-order valence-electron chi connectivity index (χ3n) is 2.98. The van der Waals surface area contributed by atoms with Gasteiger partial charge in [0.1, 0.15) is 0 Å². The van der Waals surface area contributed by atoms with Crippen LogP contribution in [0.4, 0.5) is 26.3 Å². The number of halogens is 6. The molecular weight excluding hydrogens is 294 g/mol. The van der Waals surface area contributed by atoms with Gasteiger partial charge >= 0.3 is 12.4 Å². The van der Waals surface area contributed by atoms with E-state index in [2.05, 4.69) is 0 Å². The van der Waals surface area contributed by atoms with Gasteiger partial charge in [-0.05, 0) is 23.6 Å². The Labute approximate surface area is 117 Å². The van der Waals surface area contributed by atoms with Crippen LogP contribution in [0.2, 0.25) is 0 Å². The van der Waals surface area contributed by atoms with Crippen molar-refractivity contribution < 1.29 is 26.3 Å². The van der Waals surface area contributed by atoms with Crippen LogP contribution in [0.25, 0.3) is 0 Å². The fourth-order valence-electron chi connectivity index (χ4n) is 2.13. The number of hydrogen-bond acceptors (Lipinski definition) is 0. The van der Waals surface area contributed by atoms with Crippen molar-refractivity contribution in [2.45, 2.75) is 18.8 Å². The molecule has 0 aliphatic heterocycles. The summed E-state index contributed by atoms with van der Waals surface area (Å²) >= 11 is 0. The number of hydrogen-bond donors (Lipinski definition) is 0. The average molecular weight is 304 g/mol. The summed E-state index contributed by atoms with van der Waals surface area (Å²) in [5.74, 6) is 0. The third-order valence-corrected chi connectivity index (χ3v) is 2.98. The highest BCUT2D eigenvalue weighted by Crippen LogP contribution is 2.42. The van der Waals surface area contributed by atoms with E-state index >= 15 is 0 Å². The van der Waals surface area contributed by atoms with Crippen molar-refractivity contribution in [1.29, 1.82) is 0 Å². The second-order valence-electron chi connectivity index (χ2n) is 4.50. The van der Waals surface area contributed by atoms with Gasteiger partial charge in [-0.25, -0.2) is 0 Å². The minimum absolute atomic E-state index is 0.209. The second-order valence-corrected chi connectivity index (χ2v) is 4.50. The monoisotopic (exact) mass is 304 g/mol. The maximum absolute atomic E-state index is 13.0. The quantitative estimate of drug-likeness (QED) is 0.659. The summed E-state index contributed by atoms with van der Waals surface area (Å²) in [5, 5.41) is 0. The van der Waals surface area contributed by atoms with Crippen molar-refractivity contribution >= 4 is 0 Å². The molecule has 0 aliphatic rings. The van der Waals surface area contributed by atoms with E-state index in [1.807, 2.05) is 0 Å². The molecule has 0 unspecified atom stereocenters. The predicted octanol–water partition coefficient (Wildman–Crippen LogP) is 5.32. The van der Waals surface area contributed by atoms with Crippen LogP contribution in [-0.4, -0.2) is 0 Å². The molecule has 0 heterocycles. The lowest BCUT2D eigenvalue weighted by Gasteiger charge is -2.19. The molecule has 0 spiro atoms. The summed E-state index contributed by atoms with van der Waals surface area (Å²) in [6, 6.07) is 10.6. The van der Waals surface area contributed by atoms with E-state index in [0.717, 1.165) is 12.1 Å². The molecule has 0 saturated heterocycles. The van der Waals surface area contributed by atoms with Crippen LogP contribution in [0.5, 0.6) is 0 Å². The summed E-state index contributed by atoms with van der Waals surface area (Å²) in [5.41, 5.74) is -3.13. The van der Waals surface area contributed by atoms with Gasteiger partial charge in [0.15, 0.2) is 0 Å². The summed E-state index contributed by atoms with van der Waals surface area (Å²) in [6.07, 6.45) is -10.3. The maximum Gasteiger partial charge on any atom is 0.417 e. The van der Waals surface area contributed by atoms with Gasteiger partial charge in [-0.1, -0.05) is 42.5 Å². The Bertz CT molecular complexity index is 610. The highest BCUT2D eigenvalue weighted by Gasteiger charge is 2.44. The van der Waals surface area contributed by atoms with Crippen LogP contribution in [0.1, 0.15) is 22.3 Å². The second kappa shape index (κ2) is 5.42. The fourth-order valence-corrected chi connectivity index (χ4v) is 2.13. The Kier molecular flexibility index (Phi) is 3.98. The molecule has 6 heteroatoms. The molecule has 0 fully saturated rings. The van der Waals surface area contributed by atoms with Crippen molar-refractivity contribution in [1.82, 2.24) is 0 Å². The molecular formula is C15H10F6. The predicted molar refractivity (Wildman–Crippen MR) is 65.7 cm³/mol. The standard InChI is InChI=1S/C15H10F6/c16-14(17,18)12-8-4-7-11(13(12)15(19,20)21)9-10-5-2-1-3-6-10/h1-8H,9H2. The Morgan fingerprint density at radius 3 is 1.81 bits per heavy atom. The minimum atomic E-state index is -5.06. The van der Waals surface area contributed by atoms with Gasteiger partial charge in [0.2, 0.25) is 0 Å². The molecule has 0 radical (unpaired) electrons. The Balaban J connectivity index is 2.56. The van der Waals surface area contributed by atoms with Crippen LogP contribution in [0.3, 0.4) is 0 Å². The Morgan fingerprint density at radius 1 is 0.667 bits per heavy atom. The van der Waals surface area contributed by atoms with E-state index in [0.29, 0.717) is 11.6 Å². The zero-order valence-electron chi connectivity index (χ0n) is 10.6. The van der Waals surface area contributed by atoms with E-state index in [4.69, 9.17) is 0 Å². The molecule has 0 atom stereocenters. The van der Waals surface area contributed by atoms with Gasteiger partial charge in [0.25, 0.3) is 0 Å². The highest BCUT2D eigenvalue weighted by molar-refractivity contribution is 5.42. The van der Waals surface area contributed by atoms with Crippen LogP contribution >= 0.6 is 0 Å². The van der Waals surface area contributed by atoms with E-state index < -0.39 is 23.5 Å². The molecule has 0 saturated carbocycles. The molecule has 0 N–H and O–H groups in total. The zero-order valence-corrected chi connectivity index (χ0v) is 10.6. The first kappa shape index (κ1) is 15.4. The SMILES string of the molecule is FC(F)(F)c1cccc(Cc2ccccc2)c1C(F)(F)F. The number of alkyl halides is 6. The zero-order chi connectivity index (χ0) is 15.7. The summed E-state index contributed by atoms with van der Waals surface area (Å²) < 4.78 is 77.5. The first-order chi connectivity index (χ1) is 9.69. The molecule has 0 aliphatic carbocycles. The lowest BCUT2D eigenvalue weighted by molar-refractivity contribution is -0.162. The molecule has 0 nitrogen and oxygen atoms in total. The lowest BCUT2D eigenvalue weighted by Crippen LogP contribution is -2.19. The average Bonchev–Trinajstić information content (AvgIpc) is 2.37. The Morgan fingerprint density at radius 2 is 1.29 bits per heavy atom. The van der Waals surface area contributed by atoms with Crippen molar-refractivity contribution in [3.8, 4) is 0 Å². The van der Waals surface area contributed by atoms with Crippen molar-refractivity contribution in [2.24, 2.45) is 0 Å². The van der Waals surface area contributed by atoms with Gasteiger partial charge in [-0.3, -0.25) is 0 Å². The summed E-state index contributed by atoms with van der Waals surface area (Å²) in [4.78, 5) is 0. The van der Waals surface area contributed by atoms with Crippen LogP contribution in [0, 0.1) is 0 Å². The van der Waals surface area contributed by atoms with E-state index in [1.54, 1.807) is 30.3 Å². The normalized spacial score (nSPS) is 12.5. The Hall–Kier alpha value is -1.98. The van der Waals surface area contributed by atoms with Gasteiger partial charge < -0.3 is 0 Å². The van der Waals surface area contributed by atoms with Gasteiger partial charge in [0, 0.05) is 0 Å².